The van der Waals surface area contributed by atoms with E-state index in [1.54, 1.807) is 0 Å². The van der Waals surface area contributed by atoms with Crippen LogP contribution in [0.1, 0.15) is 47.8 Å². The van der Waals surface area contributed by atoms with Crippen molar-refractivity contribution in [2.45, 2.75) is 38.1 Å². The molecule has 1 amide bonds. The van der Waals surface area contributed by atoms with Gasteiger partial charge in [0, 0.05) is 17.3 Å². The van der Waals surface area contributed by atoms with Crippen molar-refractivity contribution >= 4 is 17.2 Å². The molecule has 96 valence electrons. The highest BCUT2D eigenvalue weighted by atomic mass is 32.1. The van der Waals surface area contributed by atoms with Crippen LogP contribution in [0.25, 0.3) is 0 Å². The molecule has 0 aromatic carbocycles. The van der Waals surface area contributed by atoms with Gasteiger partial charge in [-0.25, -0.2) is 0 Å². The summed E-state index contributed by atoms with van der Waals surface area (Å²) in [5, 5.41) is 13.5. The van der Waals surface area contributed by atoms with Gasteiger partial charge in [0.2, 0.25) is 0 Å². The first kappa shape index (κ1) is 13.1. The third-order valence-electron chi connectivity index (χ3n) is 3.18. The van der Waals surface area contributed by atoms with Gasteiger partial charge < -0.3 is 10.4 Å². The van der Waals surface area contributed by atoms with Gasteiger partial charge in [0.05, 0.1) is 17.0 Å². The minimum atomic E-state index is -0.0122. The topological polar surface area (TPSA) is 49.3 Å². The summed E-state index contributed by atoms with van der Waals surface area (Å²) in [6, 6.07) is 1.81. The van der Waals surface area contributed by atoms with Gasteiger partial charge in [-0.1, -0.05) is 11.8 Å². The van der Waals surface area contributed by atoms with Crippen LogP contribution < -0.4 is 5.32 Å². The van der Waals surface area contributed by atoms with E-state index in [1.165, 1.54) is 17.8 Å². The largest absolute Gasteiger partial charge is 0.395 e. The molecule has 0 unspecified atom stereocenters. The lowest BCUT2D eigenvalue weighted by Crippen LogP contribution is -2.50. The Morgan fingerprint density at radius 3 is 3.00 bits per heavy atom. The van der Waals surface area contributed by atoms with E-state index in [-0.39, 0.29) is 18.1 Å². The fourth-order valence-electron chi connectivity index (χ4n) is 1.90. The van der Waals surface area contributed by atoms with Crippen molar-refractivity contribution in [2.24, 2.45) is 0 Å². The molecule has 4 heteroatoms. The molecule has 2 N–H and O–H groups in total. The lowest BCUT2D eigenvalue weighted by molar-refractivity contribution is 0.0851. The Hall–Kier alpha value is -1.31. The molecule has 0 saturated heterocycles. The molecular weight excluding hydrogens is 246 g/mol. The first-order valence-corrected chi connectivity index (χ1v) is 7.02. The monoisotopic (exact) mass is 263 g/mol. The molecule has 1 fully saturated rings. The van der Waals surface area contributed by atoms with Crippen LogP contribution in [-0.4, -0.2) is 23.2 Å². The van der Waals surface area contributed by atoms with Crippen molar-refractivity contribution in [3.63, 3.8) is 0 Å². The second kappa shape index (κ2) is 5.55. The summed E-state index contributed by atoms with van der Waals surface area (Å²) in [5.41, 5.74) is 0.670. The molecule has 1 aromatic heterocycles. The number of amides is 1. The summed E-state index contributed by atoms with van der Waals surface area (Å²) in [6.07, 6.45) is 3.79. The van der Waals surface area contributed by atoms with Crippen LogP contribution >= 0.6 is 11.3 Å². The molecule has 0 atom stereocenters. The van der Waals surface area contributed by atoms with Gasteiger partial charge in [-0.3, -0.25) is 4.79 Å². The molecule has 1 aliphatic carbocycles. The molecule has 2 rings (SSSR count). The number of aliphatic hydroxyl groups is 1. The van der Waals surface area contributed by atoms with Gasteiger partial charge in [0.15, 0.2) is 0 Å². The molecule has 0 spiro atoms. The van der Waals surface area contributed by atoms with E-state index in [9.17, 15) is 4.79 Å². The maximum absolute atomic E-state index is 12.0. The molecule has 18 heavy (non-hydrogen) atoms. The smallest absolute Gasteiger partial charge is 0.252 e. The summed E-state index contributed by atoms with van der Waals surface area (Å²) >= 11 is 1.46. The Bertz CT molecular complexity index is 491. The SMILES string of the molecule is CC1(NC(=O)c2csc(C#CCCO)c2)CCC1. The zero-order valence-electron chi connectivity index (χ0n) is 10.5. The van der Waals surface area contributed by atoms with Gasteiger partial charge in [-0.2, -0.15) is 0 Å². The Labute approximate surface area is 111 Å². The minimum absolute atomic E-state index is 0.0105. The molecule has 1 aromatic rings. The highest BCUT2D eigenvalue weighted by Crippen LogP contribution is 2.31. The highest BCUT2D eigenvalue weighted by molar-refractivity contribution is 7.10. The van der Waals surface area contributed by atoms with E-state index >= 15 is 0 Å². The van der Waals surface area contributed by atoms with Crippen molar-refractivity contribution in [3.8, 4) is 11.8 Å². The highest BCUT2D eigenvalue weighted by Gasteiger charge is 2.33. The average molecular weight is 263 g/mol. The second-order valence-corrected chi connectivity index (χ2v) is 5.75. The maximum atomic E-state index is 12.0. The Kier molecular flexibility index (Phi) is 4.05. The van der Waals surface area contributed by atoms with E-state index < -0.39 is 0 Å². The molecule has 0 bridgehead atoms. The first-order valence-electron chi connectivity index (χ1n) is 6.14. The third kappa shape index (κ3) is 3.12. The standard InChI is InChI=1S/C14H17NO2S/c1-14(6-4-7-14)15-13(17)11-9-12(18-10-11)5-2-3-8-16/h9-10,16H,3-4,6-8H2,1H3,(H,15,17). The van der Waals surface area contributed by atoms with E-state index in [0.717, 1.165) is 17.7 Å². The van der Waals surface area contributed by atoms with Crippen LogP contribution in [0, 0.1) is 11.8 Å². The summed E-state index contributed by atoms with van der Waals surface area (Å²) in [6.45, 7) is 2.16. The van der Waals surface area contributed by atoms with Crippen LogP contribution in [-0.2, 0) is 0 Å². The fourth-order valence-corrected chi connectivity index (χ4v) is 2.66. The van der Waals surface area contributed by atoms with Gasteiger partial charge >= 0.3 is 0 Å². The quantitative estimate of drug-likeness (QED) is 0.821. The Morgan fingerprint density at radius 1 is 1.61 bits per heavy atom. The number of rotatable bonds is 3. The van der Waals surface area contributed by atoms with Crippen molar-refractivity contribution in [1.82, 2.24) is 5.32 Å². The van der Waals surface area contributed by atoms with Gasteiger partial charge in [0.1, 0.15) is 0 Å². The maximum Gasteiger partial charge on any atom is 0.252 e. The normalized spacial score (nSPS) is 16.3. The van der Waals surface area contributed by atoms with Crippen molar-refractivity contribution in [2.75, 3.05) is 6.61 Å². The van der Waals surface area contributed by atoms with Crippen molar-refractivity contribution in [3.05, 3.63) is 21.9 Å². The summed E-state index contributed by atoms with van der Waals surface area (Å²) in [7, 11) is 0. The van der Waals surface area contributed by atoms with Crippen LogP contribution in [0.5, 0.6) is 0 Å². The minimum Gasteiger partial charge on any atom is -0.395 e. The van der Waals surface area contributed by atoms with E-state index in [2.05, 4.69) is 24.1 Å². The number of carbonyl (C=O) groups excluding carboxylic acids is 1. The molecule has 1 saturated carbocycles. The third-order valence-corrected chi connectivity index (χ3v) is 4.03. The van der Waals surface area contributed by atoms with Crippen LogP contribution in [0.4, 0.5) is 0 Å². The number of nitrogens with one attached hydrogen (secondary N) is 1. The first-order chi connectivity index (χ1) is 8.63. The molecule has 1 heterocycles. The van der Waals surface area contributed by atoms with Crippen LogP contribution in [0.3, 0.4) is 0 Å². The lowest BCUT2D eigenvalue weighted by Gasteiger charge is -2.39. The zero-order chi connectivity index (χ0) is 13.0. The summed E-state index contributed by atoms with van der Waals surface area (Å²) in [5.74, 6) is 5.78. The zero-order valence-corrected chi connectivity index (χ0v) is 11.3. The van der Waals surface area contributed by atoms with Crippen LogP contribution in [0.2, 0.25) is 0 Å². The average Bonchev–Trinajstić information content (AvgIpc) is 2.76. The molecule has 0 radical (unpaired) electrons. The number of hydrogen-bond acceptors (Lipinski definition) is 3. The number of hydrogen-bond donors (Lipinski definition) is 2. The predicted octanol–water partition coefficient (Wildman–Crippen LogP) is 2.15. The molecular formula is C14H17NO2S. The lowest BCUT2D eigenvalue weighted by atomic mass is 9.78. The summed E-state index contributed by atoms with van der Waals surface area (Å²) in [4.78, 5) is 12.9. The predicted molar refractivity (Wildman–Crippen MR) is 72.6 cm³/mol. The van der Waals surface area contributed by atoms with Crippen LogP contribution in [0.15, 0.2) is 11.4 Å². The van der Waals surface area contributed by atoms with Gasteiger partial charge in [0.25, 0.3) is 5.91 Å². The molecule has 0 aliphatic heterocycles. The number of carbonyl (C=O) groups is 1. The Balaban J connectivity index is 1.97. The second-order valence-electron chi connectivity index (χ2n) is 4.84. The number of thiophene rings is 1. The van der Waals surface area contributed by atoms with E-state index in [4.69, 9.17) is 5.11 Å². The van der Waals surface area contributed by atoms with Crippen molar-refractivity contribution in [1.29, 1.82) is 0 Å². The summed E-state index contributed by atoms with van der Waals surface area (Å²) < 4.78 is 0. The fraction of sp³-hybridized carbons (Fsp3) is 0.500. The van der Waals surface area contributed by atoms with E-state index in [1.807, 2.05) is 11.4 Å². The van der Waals surface area contributed by atoms with Gasteiger partial charge in [-0.05, 0) is 32.3 Å². The molecule has 1 aliphatic rings. The van der Waals surface area contributed by atoms with Crippen molar-refractivity contribution < 1.29 is 9.90 Å². The molecule has 3 nitrogen and oxygen atoms in total. The van der Waals surface area contributed by atoms with Gasteiger partial charge in [-0.15, -0.1) is 11.3 Å². The van der Waals surface area contributed by atoms with E-state index in [0.29, 0.717) is 12.0 Å². The Morgan fingerprint density at radius 2 is 2.39 bits per heavy atom. The number of aliphatic hydroxyl groups excluding tert-OH is 1.